The predicted octanol–water partition coefficient (Wildman–Crippen LogP) is 1.89. The van der Waals surface area contributed by atoms with Gasteiger partial charge in [-0.2, -0.15) is 0 Å². The number of hydrogen-bond acceptors (Lipinski definition) is 2. The van der Waals surface area contributed by atoms with Crippen LogP contribution in [-0.4, -0.2) is 11.0 Å². The zero-order valence-corrected chi connectivity index (χ0v) is 8.75. The van der Waals surface area contributed by atoms with Gasteiger partial charge in [0, 0.05) is 31.4 Å². The fraction of sp³-hybridized carbons (Fsp3) is 0.417. The van der Waals surface area contributed by atoms with Crippen molar-refractivity contribution in [1.29, 1.82) is 0 Å². The average molecular weight is 188 g/mol. The van der Waals surface area contributed by atoms with E-state index >= 15 is 0 Å². The standard InChI is InChI=1S/C12H16N2/c1-4-5-11(3)14-9-12-6-10(2)7-13-8-12/h1,6-8,11,14H,5,9H2,2-3H3. The summed E-state index contributed by atoms with van der Waals surface area (Å²) >= 11 is 0. The van der Waals surface area contributed by atoms with E-state index in [0.717, 1.165) is 13.0 Å². The lowest BCUT2D eigenvalue weighted by Crippen LogP contribution is -2.24. The van der Waals surface area contributed by atoms with Gasteiger partial charge in [-0.3, -0.25) is 4.98 Å². The lowest BCUT2D eigenvalue weighted by molar-refractivity contribution is 0.558. The van der Waals surface area contributed by atoms with E-state index in [1.54, 1.807) is 0 Å². The Bertz CT molecular complexity index is 325. The molecule has 1 rings (SSSR count). The molecule has 0 saturated heterocycles. The Morgan fingerprint density at radius 1 is 1.57 bits per heavy atom. The van der Waals surface area contributed by atoms with Gasteiger partial charge in [0.25, 0.3) is 0 Å². The first-order valence-electron chi connectivity index (χ1n) is 4.79. The summed E-state index contributed by atoms with van der Waals surface area (Å²) in [6.45, 7) is 4.96. The SMILES string of the molecule is C#CCC(C)NCc1cncc(C)c1. The maximum Gasteiger partial charge on any atom is 0.0313 e. The largest absolute Gasteiger partial charge is 0.309 e. The summed E-state index contributed by atoms with van der Waals surface area (Å²) < 4.78 is 0. The van der Waals surface area contributed by atoms with Crippen molar-refractivity contribution in [2.45, 2.75) is 32.9 Å². The van der Waals surface area contributed by atoms with Crippen molar-refractivity contribution in [1.82, 2.24) is 10.3 Å². The Morgan fingerprint density at radius 2 is 2.36 bits per heavy atom. The van der Waals surface area contributed by atoms with E-state index in [0.29, 0.717) is 6.04 Å². The second-order valence-corrected chi connectivity index (χ2v) is 3.56. The lowest BCUT2D eigenvalue weighted by atomic mass is 10.2. The lowest BCUT2D eigenvalue weighted by Gasteiger charge is -2.10. The van der Waals surface area contributed by atoms with Crippen LogP contribution < -0.4 is 5.32 Å². The first-order valence-corrected chi connectivity index (χ1v) is 4.79. The van der Waals surface area contributed by atoms with Gasteiger partial charge >= 0.3 is 0 Å². The van der Waals surface area contributed by atoms with Crippen molar-refractivity contribution in [2.24, 2.45) is 0 Å². The molecule has 1 heterocycles. The molecule has 0 spiro atoms. The summed E-state index contributed by atoms with van der Waals surface area (Å²) in [5, 5.41) is 3.34. The Balaban J connectivity index is 2.42. The third-order valence-corrected chi connectivity index (χ3v) is 2.01. The van der Waals surface area contributed by atoms with Crippen LogP contribution in [-0.2, 0) is 6.54 Å². The molecule has 1 unspecified atom stereocenters. The molecule has 74 valence electrons. The van der Waals surface area contributed by atoms with Gasteiger partial charge in [0.1, 0.15) is 0 Å². The number of terminal acetylenes is 1. The Kier molecular flexibility index (Phi) is 4.15. The summed E-state index contributed by atoms with van der Waals surface area (Å²) in [5.41, 5.74) is 2.39. The van der Waals surface area contributed by atoms with Crippen LogP contribution in [0.25, 0.3) is 0 Å². The van der Waals surface area contributed by atoms with Gasteiger partial charge in [-0.05, 0) is 25.0 Å². The van der Waals surface area contributed by atoms with Gasteiger partial charge in [0.15, 0.2) is 0 Å². The second-order valence-electron chi connectivity index (χ2n) is 3.56. The Labute approximate surface area is 85.8 Å². The van der Waals surface area contributed by atoms with Crippen molar-refractivity contribution in [3.63, 3.8) is 0 Å². The van der Waals surface area contributed by atoms with Crippen molar-refractivity contribution in [2.75, 3.05) is 0 Å². The minimum atomic E-state index is 0.362. The van der Waals surface area contributed by atoms with E-state index in [1.165, 1.54) is 11.1 Å². The van der Waals surface area contributed by atoms with Crippen molar-refractivity contribution < 1.29 is 0 Å². The quantitative estimate of drug-likeness (QED) is 0.730. The molecule has 0 aromatic carbocycles. The smallest absolute Gasteiger partial charge is 0.0313 e. The van der Waals surface area contributed by atoms with E-state index in [9.17, 15) is 0 Å². The highest BCUT2D eigenvalue weighted by atomic mass is 14.9. The second kappa shape index (κ2) is 5.41. The molecule has 0 radical (unpaired) electrons. The summed E-state index contributed by atoms with van der Waals surface area (Å²) in [6.07, 6.45) is 9.72. The molecule has 0 bridgehead atoms. The molecule has 0 aliphatic rings. The minimum Gasteiger partial charge on any atom is -0.309 e. The van der Waals surface area contributed by atoms with E-state index in [1.807, 2.05) is 19.3 Å². The number of rotatable bonds is 4. The van der Waals surface area contributed by atoms with Crippen LogP contribution in [0.1, 0.15) is 24.5 Å². The van der Waals surface area contributed by atoms with E-state index in [4.69, 9.17) is 6.42 Å². The number of hydrogen-bond donors (Lipinski definition) is 1. The van der Waals surface area contributed by atoms with Crippen LogP contribution in [0, 0.1) is 19.3 Å². The fourth-order valence-electron chi connectivity index (χ4n) is 1.26. The number of aryl methyl sites for hydroxylation is 1. The first-order chi connectivity index (χ1) is 6.72. The molecular formula is C12H16N2. The van der Waals surface area contributed by atoms with Crippen LogP contribution in [0.2, 0.25) is 0 Å². The normalized spacial score (nSPS) is 12.1. The molecular weight excluding hydrogens is 172 g/mol. The molecule has 1 aromatic rings. The van der Waals surface area contributed by atoms with E-state index in [2.05, 4.69) is 29.2 Å². The molecule has 14 heavy (non-hydrogen) atoms. The molecule has 2 nitrogen and oxygen atoms in total. The molecule has 0 fully saturated rings. The highest BCUT2D eigenvalue weighted by Crippen LogP contribution is 2.01. The zero-order chi connectivity index (χ0) is 10.4. The molecule has 1 N–H and O–H groups in total. The maximum atomic E-state index is 5.22. The number of pyridine rings is 1. The molecule has 0 aliphatic heterocycles. The Hall–Kier alpha value is -1.33. The maximum absolute atomic E-state index is 5.22. The molecule has 2 heteroatoms. The van der Waals surface area contributed by atoms with Gasteiger partial charge in [0.05, 0.1) is 0 Å². The monoisotopic (exact) mass is 188 g/mol. The average Bonchev–Trinajstić information content (AvgIpc) is 2.15. The van der Waals surface area contributed by atoms with Gasteiger partial charge < -0.3 is 5.32 Å². The van der Waals surface area contributed by atoms with Crippen LogP contribution in [0.3, 0.4) is 0 Å². The van der Waals surface area contributed by atoms with Crippen molar-refractivity contribution >= 4 is 0 Å². The van der Waals surface area contributed by atoms with Crippen molar-refractivity contribution in [3.05, 3.63) is 29.6 Å². The highest BCUT2D eigenvalue weighted by Gasteiger charge is 1.99. The van der Waals surface area contributed by atoms with Gasteiger partial charge in [-0.15, -0.1) is 12.3 Å². The van der Waals surface area contributed by atoms with Gasteiger partial charge in [0.2, 0.25) is 0 Å². The molecule has 0 saturated carbocycles. The number of aromatic nitrogens is 1. The third-order valence-electron chi connectivity index (χ3n) is 2.01. The van der Waals surface area contributed by atoms with Crippen molar-refractivity contribution in [3.8, 4) is 12.3 Å². The van der Waals surface area contributed by atoms with Gasteiger partial charge in [-0.1, -0.05) is 6.07 Å². The topological polar surface area (TPSA) is 24.9 Å². The zero-order valence-electron chi connectivity index (χ0n) is 8.75. The van der Waals surface area contributed by atoms with E-state index < -0.39 is 0 Å². The number of nitrogens with zero attached hydrogens (tertiary/aromatic N) is 1. The van der Waals surface area contributed by atoms with Crippen LogP contribution in [0.5, 0.6) is 0 Å². The Morgan fingerprint density at radius 3 is 3.00 bits per heavy atom. The first kappa shape index (κ1) is 10.7. The number of nitrogens with one attached hydrogen (secondary N) is 1. The van der Waals surface area contributed by atoms with Crippen LogP contribution in [0.15, 0.2) is 18.5 Å². The van der Waals surface area contributed by atoms with E-state index in [-0.39, 0.29) is 0 Å². The molecule has 0 amide bonds. The summed E-state index contributed by atoms with van der Waals surface area (Å²) in [4.78, 5) is 4.13. The van der Waals surface area contributed by atoms with Crippen LogP contribution in [0.4, 0.5) is 0 Å². The van der Waals surface area contributed by atoms with Gasteiger partial charge in [-0.25, -0.2) is 0 Å². The molecule has 1 aromatic heterocycles. The fourth-order valence-corrected chi connectivity index (χ4v) is 1.26. The summed E-state index contributed by atoms with van der Waals surface area (Å²) in [5.74, 6) is 2.64. The highest BCUT2D eigenvalue weighted by molar-refractivity contribution is 5.16. The summed E-state index contributed by atoms with van der Waals surface area (Å²) in [7, 11) is 0. The van der Waals surface area contributed by atoms with Crippen LogP contribution >= 0.6 is 0 Å². The summed E-state index contributed by atoms with van der Waals surface area (Å²) in [6, 6.07) is 2.49. The third kappa shape index (κ3) is 3.59. The molecule has 0 aliphatic carbocycles. The molecule has 1 atom stereocenters. The predicted molar refractivity (Wildman–Crippen MR) is 58.7 cm³/mol. The minimum absolute atomic E-state index is 0.362.